The Labute approximate surface area is 166 Å². The fourth-order valence-electron chi connectivity index (χ4n) is 2.74. The Balaban J connectivity index is 1.72. The van der Waals surface area contributed by atoms with Gasteiger partial charge in [0.2, 0.25) is 0 Å². The van der Waals surface area contributed by atoms with E-state index in [0.717, 1.165) is 21.5 Å². The molecule has 6 nitrogen and oxygen atoms in total. The zero-order chi connectivity index (χ0) is 19.4. The number of halogens is 1. The molecule has 0 aliphatic heterocycles. The highest BCUT2D eigenvalue weighted by molar-refractivity contribution is 7.20. The van der Waals surface area contributed by atoms with Gasteiger partial charge in [0, 0.05) is 23.4 Å². The molecule has 0 saturated carbocycles. The number of carbonyl (C=O) groups excluding carboxylic acids is 2. The monoisotopic (exact) mass is 405 g/mol. The molecule has 0 fully saturated rings. The van der Waals surface area contributed by atoms with Crippen LogP contribution in [0.3, 0.4) is 0 Å². The van der Waals surface area contributed by atoms with Gasteiger partial charge < -0.3 is 10.1 Å². The zero-order valence-electron chi connectivity index (χ0n) is 15.1. The summed E-state index contributed by atoms with van der Waals surface area (Å²) < 4.78 is 6.47. The highest BCUT2D eigenvalue weighted by atomic mass is 35.5. The van der Waals surface area contributed by atoms with Crippen LogP contribution in [0.1, 0.15) is 33.8 Å². The van der Waals surface area contributed by atoms with Gasteiger partial charge in [-0.15, -0.1) is 11.3 Å². The van der Waals surface area contributed by atoms with Crippen molar-refractivity contribution in [2.24, 2.45) is 0 Å². The molecule has 3 aromatic rings. The molecule has 2 heterocycles. The number of aromatic nitrogens is 2. The van der Waals surface area contributed by atoms with E-state index in [1.807, 2.05) is 41.9 Å². The minimum absolute atomic E-state index is 0.148. The summed E-state index contributed by atoms with van der Waals surface area (Å²) in [6, 6.07) is 9.51. The topological polar surface area (TPSA) is 73.2 Å². The Hall–Kier alpha value is -2.38. The summed E-state index contributed by atoms with van der Waals surface area (Å²) >= 11 is 7.66. The van der Waals surface area contributed by atoms with Crippen LogP contribution in [0.15, 0.2) is 30.3 Å². The number of fused-ring (bicyclic) bond motifs is 1. The summed E-state index contributed by atoms with van der Waals surface area (Å²) in [5, 5.41) is 9.07. The fraction of sp³-hybridized carbons (Fsp3) is 0.316. The van der Waals surface area contributed by atoms with Crippen LogP contribution in [0.2, 0.25) is 5.02 Å². The molecule has 0 unspecified atom stereocenters. The number of hydrogen-bond acceptors (Lipinski definition) is 5. The van der Waals surface area contributed by atoms with Gasteiger partial charge in [0.05, 0.1) is 24.2 Å². The quantitative estimate of drug-likeness (QED) is 0.479. The molecule has 0 radical (unpaired) electrons. The van der Waals surface area contributed by atoms with E-state index < -0.39 is 0 Å². The molecule has 0 bridgehead atoms. The molecule has 1 amide bonds. The second-order valence-electron chi connectivity index (χ2n) is 6.10. The van der Waals surface area contributed by atoms with E-state index >= 15 is 0 Å². The SMILES string of the molecule is COC(=O)CCCNC(=O)c1cc2c(C)nn(Cc3ccccc3Cl)c2s1. The molecule has 2 aromatic heterocycles. The lowest BCUT2D eigenvalue weighted by Crippen LogP contribution is -2.24. The number of carbonyl (C=O) groups is 2. The smallest absolute Gasteiger partial charge is 0.305 e. The number of esters is 1. The predicted octanol–water partition coefficient (Wildman–Crippen LogP) is 3.79. The van der Waals surface area contributed by atoms with Crippen LogP contribution >= 0.6 is 22.9 Å². The maximum Gasteiger partial charge on any atom is 0.305 e. The van der Waals surface area contributed by atoms with Gasteiger partial charge in [-0.1, -0.05) is 29.8 Å². The van der Waals surface area contributed by atoms with Crippen molar-refractivity contribution >= 4 is 45.0 Å². The minimum Gasteiger partial charge on any atom is -0.469 e. The van der Waals surface area contributed by atoms with Crippen molar-refractivity contribution in [1.82, 2.24) is 15.1 Å². The maximum atomic E-state index is 12.4. The van der Waals surface area contributed by atoms with Gasteiger partial charge >= 0.3 is 5.97 Å². The summed E-state index contributed by atoms with van der Waals surface area (Å²) in [6.45, 7) is 2.90. The van der Waals surface area contributed by atoms with Crippen molar-refractivity contribution in [3.05, 3.63) is 51.5 Å². The van der Waals surface area contributed by atoms with Crippen LogP contribution in [-0.2, 0) is 16.1 Å². The van der Waals surface area contributed by atoms with Crippen LogP contribution in [0.25, 0.3) is 10.2 Å². The molecule has 1 aromatic carbocycles. The molecule has 1 N–H and O–H groups in total. The number of aryl methyl sites for hydroxylation is 1. The van der Waals surface area contributed by atoms with E-state index in [2.05, 4.69) is 15.2 Å². The van der Waals surface area contributed by atoms with Crippen molar-refractivity contribution in [1.29, 1.82) is 0 Å². The van der Waals surface area contributed by atoms with Crippen LogP contribution in [0.5, 0.6) is 0 Å². The molecular weight excluding hydrogens is 386 g/mol. The van der Waals surface area contributed by atoms with Crippen LogP contribution < -0.4 is 5.32 Å². The van der Waals surface area contributed by atoms with Gasteiger partial charge in [0.15, 0.2) is 0 Å². The Kier molecular flexibility index (Phi) is 6.13. The van der Waals surface area contributed by atoms with Crippen LogP contribution in [0, 0.1) is 6.92 Å². The number of benzene rings is 1. The van der Waals surface area contributed by atoms with Gasteiger partial charge in [0.25, 0.3) is 5.91 Å². The van der Waals surface area contributed by atoms with Crippen molar-refractivity contribution in [2.75, 3.05) is 13.7 Å². The summed E-state index contributed by atoms with van der Waals surface area (Å²) in [5.41, 5.74) is 1.85. The first-order valence-electron chi connectivity index (χ1n) is 8.55. The molecular formula is C19H20ClN3O3S. The van der Waals surface area contributed by atoms with Gasteiger partial charge in [-0.2, -0.15) is 5.10 Å². The second kappa shape index (κ2) is 8.54. The maximum absolute atomic E-state index is 12.4. The average molecular weight is 406 g/mol. The summed E-state index contributed by atoms with van der Waals surface area (Å²) in [6.07, 6.45) is 0.831. The first-order valence-corrected chi connectivity index (χ1v) is 9.74. The number of rotatable bonds is 7. The van der Waals surface area contributed by atoms with Crippen LogP contribution in [-0.4, -0.2) is 35.3 Å². The Bertz CT molecular complexity index is 980. The number of thiophene rings is 1. The molecule has 0 saturated heterocycles. The molecule has 0 aliphatic carbocycles. The highest BCUT2D eigenvalue weighted by Gasteiger charge is 2.17. The van der Waals surface area contributed by atoms with E-state index in [0.29, 0.717) is 29.4 Å². The van der Waals surface area contributed by atoms with E-state index in [1.165, 1.54) is 18.4 Å². The third-order valence-corrected chi connectivity index (χ3v) is 5.70. The van der Waals surface area contributed by atoms with Crippen molar-refractivity contribution < 1.29 is 14.3 Å². The molecule has 0 spiro atoms. The van der Waals surface area contributed by atoms with Gasteiger partial charge in [-0.05, 0) is 31.0 Å². The fourth-order valence-corrected chi connectivity index (χ4v) is 4.02. The van der Waals surface area contributed by atoms with Gasteiger partial charge in [-0.25, -0.2) is 0 Å². The van der Waals surface area contributed by atoms with E-state index in [-0.39, 0.29) is 18.3 Å². The Morgan fingerprint density at radius 3 is 2.85 bits per heavy atom. The van der Waals surface area contributed by atoms with E-state index in [4.69, 9.17) is 11.6 Å². The number of ether oxygens (including phenoxy) is 1. The average Bonchev–Trinajstić information content (AvgIpc) is 3.22. The molecule has 27 heavy (non-hydrogen) atoms. The summed E-state index contributed by atoms with van der Waals surface area (Å²) in [4.78, 5) is 25.1. The summed E-state index contributed by atoms with van der Waals surface area (Å²) in [7, 11) is 1.35. The normalized spacial score (nSPS) is 10.9. The molecule has 8 heteroatoms. The third-order valence-electron chi connectivity index (χ3n) is 4.18. The Morgan fingerprint density at radius 2 is 2.11 bits per heavy atom. The first kappa shape index (κ1) is 19.4. The first-order chi connectivity index (χ1) is 13.0. The van der Waals surface area contributed by atoms with Crippen LogP contribution in [0.4, 0.5) is 0 Å². The Morgan fingerprint density at radius 1 is 1.33 bits per heavy atom. The van der Waals surface area contributed by atoms with Crippen molar-refractivity contribution in [2.45, 2.75) is 26.3 Å². The predicted molar refractivity (Wildman–Crippen MR) is 106 cm³/mol. The summed E-state index contributed by atoms with van der Waals surface area (Å²) in [5.74, 6) is -0.425. The number of hydrogen-bond donors (Lipinski definition) is 1. The lowest BCUT2D eigenvalue weighted by Gasteiger charge is -2.05. The van der Waals surface area contributed by atoms with E-state index in [1.54, 1.807) is 0 Å². The molecule has 0 atom stereocenters. The van der Waals surface area contributed by atoms with Gasteiger partial charge in [0.1, 0.15) is 4.83 Å². The molecule has 0 aliphatic rings. The standard InChI is InChI=1S/C19H20ClN3O3S/c1-12-14-10-16(18(25)21-9-5-8-17(24)26-2)27-19(14)23(22-12)11-13-6-3-4-7-15(13)20/h3-4,6-7,10H,5,8-9,11H2,1-2H3,(H,21,25). The number of amides is 1. The molecule has 3 rings (SSSR count). The lowest BCUT2D eigenvalue weighted by molar-refractivity contribution is -0.140. The molecule has 142 valence electrons. The van der Waals surface area contributed by atoms with Gasteiger partial charge in [-0.3, -0.25) is 14.3 Å². The lowest BCUT2D eigenvalue weighted by atomic mass is 10.2. The minimum atomic E-state index is -0.276. The number of nitrogens with zero attached hydrogens (tertiary/aromatic N) is 2. The largest absolute Gasteiger partial charge is 0.469 e. The number of methoxy groups -OCH3 is 1. The van der Waals surface area contributed by atoms with Crippen molar-refractivity contribution in [3.8, 4) is 0 Å². The second-order valence-corrected chi connectivity index (χ2v) is 7.54. The van der Waals surface area contributed by atoms with E-state index in [9.17, 15) is 9.59 Å². The zero-order valence-corrected chi connectivity index (χ0v) is 16.7. The number of nitrogens with one attached hydrogen (secondary N) is 1. The third kappa shape index (κ3) is 4.48. The van der Waals surface area contributed by atoms with Crippen molar-refractivity contribution in [3.63, 3.8) is 0 Å². The highest BCUT2D eigenvalue weighted by Crippen LogP contribution is 2.29.